The molecule has 1 N–H and O–H groups in total. The van der Waals surface area contributed by atoms with Crippen LogP contribution in [0.25, 0.3) is 11.0 Å². The molecule has 1 unspecified atom stereocenters. The van der Waals surface area contributed by atoms with Gasteiger partial charge in [0.1, 0.15) is 5.82 Å². The van der Waals surface area contributed by atoms with E-state index in [2.05, 4.69) is 4.98 Å². The Morgan fingerprint density at radius 1 is 1.47 bits per heavy atom. The van der Waals surface area contributed by atoms with Crippen molar-refractivity contribution in [3.8, 4) is 0 Å². The number of nitrogens with one attached hydrogen (secondary N) is 1. The number of hydrogen-bond acceptors (Lipinski definition) is 3. The lowest BCUT2D eigenvalue weighted by Crippen LogP contribution is -2.32. The standard InChI is InChI=1S/C12H12ClFN2O2S/c13-8-3-10-11(4-9(8)14)16(12(19)15-10)5-7-6-17-1-2-18-7/h3-4,7H,1-2,5-6H2,(H,15,19). The maximum absolute atomic E-state index is 13.6. The zero-order valence-corrected chi connectivity index (χ0v) is 11.6. The maximum atomic E-state index is 13.6. The summed E-state index contributed by atoms with van der Waals surface area (Å²) in [6, 6.07) is 2.92. The highest BCUT2D eigenvalue weighted by Crippen LogP contribution is 2.23. The molecule has 0 radical (unpaired) electrons. The molecule has 1 saturated heterocycles. The van der Waals surface area contributed by atoms with Crippen molar-refractivity contribution in [3.63, 3.8) is 0 Å². The monoisotopic (exact) mass is 302 g/mol. The quantitative estimate of drug-likeness (QED) is 0.867. The van der Waals surface area contributed by atoms with Gasteiger partial charge in [-0.2, -0.15) is 0 Å². The number of imidazole rings is 1. The SMILES string of the molecule is Fc1cc2c(cc1Cl)[nH]c(=S)n2CC1COCCO1. The van der Waals surface area contributed by atoms with Crippen LogP contribution in [0.3, 0.4) is 0 Å². The summed E-state index contributed by atoms with van der Waals surface area (Å²) >= 11 is 11.0. The average Bonchev–Trinajstić information content (AvgIpc) is 2.68. The third-order valence-corrected chi connectivity index (χ3v) is 3.70. The van der Waals surface area contributed by atoms with Crippen LogP contribution in [0, 0.1) is 10.6 Å². The van der Waals surface area contributed by atoms with Crippen LogP contribution in [-0.4, -0.2) is 35.5 Å². The minimum absolute atomic E-state index is 0.0711. The van der Waals surface area contributed by atoms with Crippen LogP contribution in [-0.2, 0) is 16.0 Å². The van der Waals surface area contributed by atoms with Crippen LogP contribution < -0.4 is 0 Å². The number of hydrogen-bond donors (Lipinski definition) is 1. The van der Waals surface area contributed by atoms with Crippen LogP contribution in [0.2, 0.25) is 5.02 Å². The molecule has 1 aliphatic rings. The summed E-state index contributed by atoms with van der Waals surface area (Å²) in [5.41, 5.74) is 1.40. The van der Waals surface area contributed by atoms with E-state index in [1.54, 1.807) is 0 Å². The molecule has 0 aliphatic carbocycles. The molecule has 19 heavy (non-hydrogen) atoms. The fraction of sp³-hybridized carbons (Fsp3) is 0.417. The molecule has 3 rings (SSSR count). The molecule has 2 heterocycles. The summed E-state index contributed by atoms with van der Waals surface area (Å²) in [7, 11) is 0. The van der Waals surface area contributed by atoms with Crippen LogP contribution >= 0.6 is 23.8 Å². The van der Waals surface area contributed by atoms with Crippen molar-refractivity contribution in [2.45, 2.75) is 12.6 Å². The summed E-state index contributed by atoms with van der Waals surface area (Å²) in [6.45, 7) is 2.23. The molecule has 0 saturated carbocycles. The van der Waals surface area contributed by atoms with Crippen LogP contribution in [0.15, 0.2) is 12.1 Å². The number of rotatable bonds is 2. The smallest absolute Gasteiger partial charge is 0.178 e. The molecule has 1 aromatic heterocycles. The molecule has 7 heteroatoms. The molecule has 0 spiro atoms. The Morgan fingerprint density at radius 2 is 2.32 bits per heavy atom. The maximum Gasteiger partial charge on any atom is 0.178 e. The first kappa shape index (κ1) is 13.1. The molecular formula is C12H12ClFN2O2S. The summed E-state index contributed by atoms with van der Waals surface area (Å²) < 4.78 is 26.8. The highest BCUT2D eigenvalue weighted by Gasteiger charge is 2.17. The molecule has 1 atom stereocenters. The Labute approximate surface area is 119 Å². The number of fused-ring (bicyclic) bond motifs is 1. The van der Waals surface area contributed by atoms with Crippen molar-refractivity contribution in [2.24, 2.45) is 0 Å². The van der Waals surface area contributed by atoms with E-state index in [1.165, 1.54) is 12.1 Å². The van der Waals surface area contributed by atoms with Crippen LogP contribution in [0.1, 0.15) is 0 Å². The van der Waals surface area contributed by atoms with E-state index < -0.39 is 5.82 Å². The molecule has 1 aromatic carbocycles. The Bertz CT molecular complexity index is 664. The lowest BCUT2D eigenvalue weighted by molar-refractivity contribution is -0.0933. The number of aromatic amines is 1. The number of H-pyrrole nitrogens is 1. The van der Waals surface area contributed by atoms with E-state index in [4.69, 9.17) is 33.3 Å². The zero-order valence-electron chi connectivity index (χ0n) is 9.99. The van der Waals surface area contributed by atoms with Crippen LogP contribution in [0.4, 0.5) is 4.39 Å². The topological polar surface area (TPSA) is 39.2 Å². The van der Waals surface area contributed by atoms with Crippen molar-refractivity contribution in [1.82, 2.24) is 9.55 Å². The summed E-state index contributed by atoms with van der Waals surface area (Å²) in [4.78, 5) is 3.01. The fourth-order valence-electron chi connectivity index (χ4n) is 2.18. The van der Waals surface area contributed by atoms with E-state index in [0.717, 1.165) is 0 Å². The summed E-state index contributed by atoms with van der Waals surface area (Å²) in [6.07, 6.45) is -0.0711. The molecule has 1 fully saturated rings. The second-order valence-corrected chi connectivity index (χ2v) is 5.19. The summed E-state index contributed by atoms with van der Waals surface area (Å²) in [5.74, 6) is -0.460. The van der Waals surface area contributed by atoms with Gasteiger partial charge in [-0.15, -0.1) is 0 Å². The van der Waals surface area contributed by atoms with E-state index in [-0.39, 0.29) is 11.1 Å². The zero-order chi connectivity index (χ0) is 13.4. The van der Waals surface area contributed by atoms with Gasteiger partial charge in [-0.3, -0.25) is 0 Å². The van der Waals surface area contributed by atoms with Crippen molar-refractivity contribution < 1.29 is 13.9 Å². The van der Waals surface area contributed by atoms with E-state index in [9.17, 15) is 4.39 Å². The van der Waals surface area contributed by atoms with Gasteiger partial charge >= 0.3 is 0 Å². The fourth-order valence-corrected chi connectivity index (χ4v) is 2.63. The first-order valence-corrected chi connectivity index (χ1v) is 6.70. The molecule has 4 nitrogen and oxygen atoms in total. The second-order valence-electron chi connectivity index (χ2n) is 4.39. The van der Waals surface area contributed by atoms with Crippen molar-refractivity contribution in [2.75, 3.05) is 19.8 Å². The van der Waals surface area contributed by atoms with E-state index in [1.807, 2.05) is 4.57 Å². The lowest BCUT2D eigenvalue weighted by atomic mass is 10.3. The van der Waals surface area contributed by atoms with Gasteiger partial charge in [-0.25, -0.2) is 4.39 Å². The third-order valence-electron chi connectivity index (χ3n) is 3.09. The molecule has 102 valence electrons. The predicted octanol–water partition coefficient (Wildman–Crippen LogP) is 2.91. The number of halogens is 2. The first-order valence-electron chi connectivity index (χ1n) is 5.92. The molecular weight excluding hydrogens is 291 g/mol. The third kappa shape index (κ3) is 2.53. The number of nitrogens with zero attached hydrogens (tertiary/aromatic N) is 1. The summed E-state index contributed by atoms with van der Waals surface area (Å²) in [5, 5.41) is 0.0770. The van der Waals surface area contributed by atoms with E-state index >= 15 is 0 Å². The normalized spacial score (nSPS) is 20.0. The van der Waals surface area contributed by atoms with Gasteiger partial charge in [-0.1, -0.05) is 11.6 Å². The van der Waals surface area contributed by atoms with Gasteiger partial charge in [0.25, 0.3) is 0 Å². The molecule has 1 aliphatic heterocycles. The number of ether oxygens (including phenoxy) is 2. The number of benzene rings is 1. The van der Waals surface area contributed by atoms with E-state index in [0.29, 0.717) is 42.2 Å². The van der Waals surface area contributed by atoms with Crippen molar-refractivity contribution in [1.29, 1.82) is 0 Å². The average molecular weight is 303 g/mol. The lowest BCUT2D eigenvalue weighted by Gasteiger charge is -2.23. The van der Waals surface area contributed by atoms with Gasteiger partial charge in [0.05, 0.1) is 48.5 Å². The largest absolute Gasteiger partial charge is 0.376 e. The molecule has 2 aromatic rings. The number of aromatic nitrogens is 2. The van der Waals surface area contributed by atoms with Gasteiger partial charge < -0.3 is 19.0 Å². The van der Waals surface area contributed by atoms with Gasteiger partial charge in [0.15, 0.2) is 4.77 Å². The Morgan fingerprint density at radius 3 is 3.05 bits per heavy atom. The van der Waals surface area contributed by atoms with Crippen molar-refractivity contribution in [3.05, 3.63) is 27.7 Å². The highest BCUT2D eigenvalue weighted by molar-refractivity contribution is 7.71. The van der Waals surface area contributed by atoms with Gasteiger partial charge in [-0.05, 0) is 18.3 Å². The molecule has 0 bridgehead atoms. The Balaban J connectivity index is 2.00. The molecule has 0 amide bonds. The predicted molar refractivity (Wildman–Crippen MR) is 72.6 cm³/mol. The highest BCUT2D eigenvalue weighted by atomic mass is 35.5. The van der Waals surface area contributed by atoms with Crippen molar-refractivity contribution >= 4 is 34.9 Å². The minimum Gasteiger partial charge on any atom is -0.376 e. The van der Waals surface area contributed by atoms with Gasteiger partial charge in [0.2, 0.25) is 0 Å². The Hall–Kier alpha value is -0.950. The Kier molecular flexibility index (Phi) is 3.58. The minimum atomic E-state index is -0.460. The van der Waals surface area contributed by atoms with Crippen LogP contribution in [0.5, 0.6) is 0 Å². The first-order chi connectivity index (χ1) is 9.15. The second kappa shape index (κ2) is 5.20. The van der Waals surface area contributed by atoms with Gasteiger partial charge in [0, 0.05) is 6.07 Å².